The van der Waals surface area contributed by atoms with Crippen molar-refractivity contribution in [1.82, 2.24) is 0 Å². The minimum atomic E-state index is -3.20. The molecule has 0 N–H and O–H groups in total. The molecule has 0 amide bonds. The van der Waals surface area contributed by atoms with Gasteiger partial charge in [0, 0.05) is 19.2 Å². The maximum Gasteiger partial charge on any atom is 0.378 e. The largest absolute Gasteiger partial charge is 0.424 e. The second-order valence-electron chi connectivity index (χ2n) is 6.19. The zero-order valence-corrected chi connectivity index (χ0v) is 16.2. The molecule has 1 rings (SSSR count). The highest BCUT2D eigenvalue weighted by Crippen LogP contribution is 2.48. The first-order chi connectivity index (χ1) is 12.0. The average molecular weight is 371 g/mol. The van der Waals surface area contributed by atoms with E-state index in [-0.39, 0.29) is 5.69 Å². The van der Waals surface area contributed by atoms with Crippen LogP contribution in [0.4, 0.5) is 5.69 Å². The topological polar surface area (TPSA) is 78.7 Å². The lowest BCUT2D eigenvalue weighted by atomic mass is 10.1. The Morgan fingerprint density at radius 1 is 0.960 bits per heavy atom. The molecule has 0 radical (unpaired) electrons. The molecule has 1 aromatic carbocycles. The van der Waals surface area contributed by atoms with E-state index in [1.807, 2.05) is 0 Å². The van der Waals surface area contributed by atoms with Crippen molar-refractivity contribution in [2.45, 2.75) is 64.7 Å². The van der Waals surface area contributed by atoms with E-state index in [4.69, 9.17) is 9.05 Å². The van der Waals surface area contributed by atoms with Gasteiger partial charge >= 0.3 is 7.60 Å². The van der Waals surface area contributed by atoms with Crippen molar-refractivity contribution in [3.05, 3.63) is 34.4 Å². The van der Waals surface area contributed by atoms with Crippen LogP contribution >= 0.6 is 7.60 Å². The van der Waals surface area contributed by atoms with E-state index in [0.29, 0.717) is 11.9 Å². The number of nitro benzene ring substituents is 1. The van der Waals surface area contributed by atoms with Gasteiger partial charge in [0.25, 0.3) is 5.69 Å². The summed E-state index contributed by atoms with van der Waals surface area (Å²) in [5.41, 5.74) is -0.0291. The van der Waals surface area contributed by atoms with Crippen molar-refractivity contribution < 1.29 is 18.5 Å². The molecule has 0 aliphatic rings. The zero-order valence-electron chi connectivity index (χ0n) is 15.3. The van der Waals surface area contributed by atoms with Crippen LogP contribution in [0, 0.1) is 10.1 Å². The van der Waals surface area contributed by atoms with Crippen molar-refractivity contribution >= 4 is 13.3 Å². The molecule has 1 atom stereocenters. The lowest BCUT2D eigenvalue weighted by Gasteiger charge is -2.17. The highest BCUT2D eigenvalue weighted by molar-refractivity contribution is 7.54. The normalized spacial score (nSPS) is 13.4. The smallest absolute Gasteiger partial charge is 0.378 e. The highest BCUT2D eigenvalue weighted by Gasteiger charge is 2.24. The van der Waals surface area contributed by atoms with Crippen LogP contribution in [-0.4, -0.2) is 18.2 Å². The summed E-state index contributed by atoms with van der Waals surface area (Å²) in [5, 5.41) is 10.6. The molecule has 0 heterocycles. The highest BCUT2D eigenvalue weighted by atomic mass is 31.2. The summed E-state index contributed by atoms with van der Waals surface area (Å²) in [5.74, 6) is 0.326. The summed E-state index contributed by atoms with van der Waals surface area (Å²) in [4.78, 5) is 10.2. The molecular weight excluding hydrogens is 341 g/mol. The van der Waals surface area contributed by atoms with Crippen LogP contribution in [-0.2, 0) is 9.09 Å². The van der Waals surface area contributed by atoms with Crippen LogP contribution in [0.2, 0.25) is 0 Å². The Morgan fingerprint density at radius 2 is 1.48 bits per heavy atom. The van der Waals surface area contributed by atoms with Gasteiger partial charge in [-0.25, -0.2) is 4.57 Å². The molecule has 25 heavy (non-hydrogen) atoms. The standard InChI is InChI=1S/C18H30NO5P/c1-3-4-5-6-7-8-9-10-11-16-25(22,23-2)24-18-14-12-17(13-15-18)19(20)21/h12-15H,3-11,16H2,1-2H3/t25-/m1/s1. The van der Waals surface area contributed by atoms with Gasteiger partial charge in [0.15, 0.2) is 0 Å². The Labute approximate surface area is 150 Å². The molecule has 0 spiro atoms. The Hall–Kier alpha value is -1.39. The maximum absolute atomic E-state index is 12.6. The summed E-state index contributed by atoms with van der Waals surface area (Å²) >= 11 is 0. The molecule has 0 aliphatic heterocycles. The van der Waals surface area contributed by atoms with Gasteiger partial charge in [-0.05, 0) is 18.6 Å². The van der Waals surface area contributed by atoms with Gasteiger partial charge in [0.1, 0.15) is 5.75 Å². The molecule has 0 saturated heterocycles. The number of hydrogen-bond donors (Lipinski definition) is 0. The van der Waals surface area contributed by atoms with Gasteiger partial charge in [0.2, 0.25) is 0 Å². The monoisotopic (exact) mass is 371 g/mol. The number of rotatable bonds is 14. The third-order valence-electron chi connectivity index (χ3n) is 4.11. The van der Waals surface area contributed by atoms with Crippen LogP contribution in [0.5, 0.6) is 5.75 Å². The Bertz CT molecular complexity index is 547. The summed E-state index contributed by atoms with van der Waals surface area (Å²) < 4.78 is 23.2. The second-order valence-corrected chi connectivity index (χ2v) is 8.40. The first kappa shape index (κ1) is 21.7. The van der Waals surface area contributed by atoms with E-state index in [2.05, 4.69) is 6.92 Å². The Morgan fingerprint density at radius 3 is 1.96 bits per heavy atom. The van der Waals surface area contributed by atoms with E-state index in [1.165, 1.54) is 69.9 Å². The van der Waals surface area contributed by atoms with Crippen LogP contribution in [0.15, 0.2) is 24.3 Å². The minimum absolute atomic E-state index is 0.0291. The number of benzene rings is 1. The van der Waals surface area contributed by atoms with Crippen LogP contribution in [0.25, 0.3) is 0 Å². The second kappa shape index (κ2) is 12.0. The first-order valence-corrected chi connectivity index (χ1v) is 10.8. The molecule has 7 heteroatoms. The predicted octanol–water partition coefficient (Wildman–Crippen LogP) is 6.34. The van der Waals surface area contributed by atoms with Crippen LogP contribution in [0.3, 0.4) is 0 Å². The number of nitrogens with zero attached hydrogens (tertiary/aromatic N) is 1. The van der Waals surface area contributed by atoms with Crippen molar-refractivity contribution in [3.8, 4) is 5.75 Å². The van der Waals surface area contributed by atoms with Crippen LogP contribution in [0.1, 0.15) is 64.7 Å². The molecule has 0 saturated carbocycles. The molecule has 0 aromatic heterocycles. The van der Waals surface area contributed by atoms with E-state index >= 15 is 0 Å². The molecule has 0 aliphatic carbocycles. The Balaban J connectivity index is 2.29. The lowest BCUT2D eigenvalue weighted by Crippen LogP contribution is -2.01. The molecule has 0 bridgehead atoms. The number of nitro groups is 1. The number of non-ortho nitro benzene ring substituents is 1. The molecular formula is C18H30NO5P. The van der Waals surface area contributed by atoms with Gasteiger partial charge < -0.3 is 9.05 Å². The van der Waals surface area contributed by atoms with E-state index < -0.39 is 12.5 Å². The van der Waals surface area contributed by atoms with E-state index in [9.17, 15) is 14.7 Å². The van der Waals surface area contributed by atoms with Crippen molar-refractivity contribution in [2.75, 3.05) is 13.3 Å². The fraction of sp³-hybridized carbons (Fsp3) is 0.667. The summed E-state index contributed by atoms with van der Waals surface area (Å²) in [6, 6.07) is 5.54. The van der Waals surface area contributed by atoms with Crippen molar-refractivity contribution in [1.29, 1.82) is 0 Å². The SMILES string of the molecule is CCCCCCCCCCC[P@@](=O)(OC)Oc1ccc([N+](=O)[O-])cc1. The molecule has 6 nitrogen and oxygen atoms in total. The van der Waals surface area contributed by atoms with Crippen molar-refractivity contribution in [3.63, 3.8) is 0 Å². The molecule has 142 valence electrons. The van der Waals surface area contributed by atoms with Gasteiger partial charge in [0.05, 0.1) is 11.1 Å². The average Bonchev–Trinajstić information content (AvgIpc) is 2.61. The molecule has 1 aromatic rings. The number of unbranched alkanes of at least 4 members (excludes halogenated alkanes) is 8. The fourth-order valence-electron chi connectivity index (χ4n) is 2.58. The van der Waals surface area contributed by atoms with Gasteiger partial charge in [-0.1, -0.05) is 58.3 Å². The summed E-state index contributed by atoms with van der Waals surface area (Å²) in [6.45, 7) is 2.22. The van der Waals surface area contributed by atoms with E-state index in [0.717, 1.165) is 19.3 Å². The third kappa shape index (κ3) is 9.03. The number of hydrogen-bond acceptors (Lipinski definition) is 5. The predicted molar refractivity (Wildman–Crippen MR) is 100 cm³/mol. The quantitative estimate of drug-likeness (QED) is 0.165. The maximum atomic E-state index is 12.6. The van der Waals surface area contributed by atoms with Gasteiger partial charge in [-0.2, -0.15) is 0 Å². The van der Waals surface area contributed by atoms with Crippen molar-refractivity contribution in [2.24, 2.45) is 0 Å². The summed E-state index contributed by atoms with van der Waals surface area (Å²) in [6.07, 6.45) is 11.0. The summed E-state index contributed by atoms with van der Waals surface area (Å²) in [7, 11) is -1.83. The lowest BCUT2D eigenvalue weighted by molar-refractivity contribution is -0.384. The molecule has 0 fully saturated rings. The van der Waals surface area contributed by atoms with Crippen LogP contribution < -0.4 is 4.52 Å². The Kier molecular flexibility index (Phi) is 10.4. The first-order valence-electron chi connectivity index (χ1n) is 9.09. The minimum Gasteiger partial charge on any atom is -0.424 e. The van der Waals surface area contributed by atoms with Gasteiger partial charge in [-0.3, -0.25) is 10.1 Å². The zero-order chi connectivity index (χ0) is 18.5. The third-order valence-corrected chi connectivity index (χ3v) is 6.02. The van der Waals surface area contributed by atoms with Gasteiger partial charge in [-0.15, -0.1) is 0 Å². The molecule has 0 unspecified atom stereocenters. The van der Waals surface area contributed by atoms with E-state index in [1.54, 1.807) is 0 Å². The fourth-order valence-corrected chi connectivity index (χ4v) is 3.98.